The molecule has 0 bridgehead atoms. The van der Waals surface area contributed by atoms with Crippen molar-refractivity contribution < 1.29 is 0 Å². The smallest absolute Gasteiger partial charge is 0.0541 e. The predicted molar refractivity (Wildman–Crippen MR) is 288 cm³/mol. The van der Waals surface area contributed by atoms with E-state index in [9.17, 15) is 0 Å². The molecular weight excluding hydrogens is 829 g/mol. The van der Waals surface area contributed by atoms with Gasteiger partial charge in [0, 0.05) is 53.4 Å². The van der Waals surface area contributed by atoms with Crippen LogP contribution in [-0.2, 0) is 0 Å². The van der Waals surface area contributed by atoms with E-state index in [1.165, 1.54) is 91.7 Å². The van der Waals surface area contributed by atoms with E-state index in [2.05, 4.69) is 264 Å². The van der Waals surface area contributed by atoms with Crippen LogP contribution in [0.5, 0.6) is 0 Å². The number of fused-ring (bicyclic) bond motifs is 7. The summed E-state index contributed by atoms with van der Waals surface area (Å²) in [6.07, 6.45) is 0. The molecule has 0 radical (unpaired) electrons. The summed E-state index contributed by atoms with van der Waals surface area (Å²) in [5.41, 5.74) is 16.4. The van der Waals surface area contributed by atoms with Crippen molar-refractivity contribution in [2.75, 3.05) is 4.90 Å². The monoisotopic (exact) mass is 870 g/mol. The summed E-state index contributed by atoms with van der Waals surface area (Å²) < 4.78 is 5.03. The van der Waals surface area contributed by atoms with Gasteiger partial charge in [0.15, 0.2) is 0 Å². The molecule has 0 N–H and O–H groups in total. The zero-order valence-corrected chi connectivity index (χ0v) is 37.4. The van der Waals surface area contributed by atoms with Gasteiger partial charge < -0.3 is 9.47 Å². The van der Waals surface area contributed by atoms with Crippen molar-refractivity contribution in [3.8, 4) is 50.2 Å². The van der Waals surface area contributed by atoms with Crippen LogP contribution in [0.4, 0.5) is 17.1 Å². The Hall–Kier alpha value is -8.50. The molecule has 67 heavy (non-hydrogen) atoms. The second kappa shape index (κ2) is 16.2. The van der Waals surface area contributed by atoms with Gasteiger partial charge in [0.25, 0.3) is 0 Å². The Morgan fingerprint density at radius 1 is 0.299 bits per heavy atom. The molecule has 0 aliphatic rings. The molecule has 3 heteroatoms. The van der Waals surface area contributed by atoms with Crippen LogP contribution < -0.4 is 4.90 Å². The number of aromatic nitrogens is 1. The highest BCUT2D eigenvalue weighted by Gasteiger charge is 2.20. The summed E-state index contributed by atoms with van der Waals surface area (Å²) in [4.78, 5) is 2.42. The molecule has 0 aliphatic carbocycles. The van der Waals surface area contributed by atoms with Crippen LogP contribution in [0.25, 0.3) is 103 Å². The van der Waals surface area contributed by atoms with Gasteiger partial charge in [-0.1, -0.05) is 188 Å². The van der Waals surface area contributed by atoms with E-state index in [-0.39, 0.29) is 0 Å². The predicted octanol–water partition coefficient (Wildman–Crippen LogP) is 18.4. The summed E-state index contributed by atoms with van der Waals surface area (Å²) in [5.74, 6) is 0. The number of anilines is 3. The van der Waals surface area contributed by atoms with Crippen molar-refractivity contribution in [2.45, 2.75) is 0 Å². The average molecular weight is 871 g/mol. The molecule has 0 spiro atoms. The van der Waals surface area contributed by atoms with Crippen LogP contribution in [0.1, 0.15) is 0 Å². The van der Waals surface area contributed by atoms with Crippen LogP contribution >= 0.6 is 11.3 Å². The number of hydrogen-bond donors (Lipinski definition) is 0. The molecule has 0 fully saturated rings. The third kappa shape index (κ3) is 6.79. The maximum atomic E-state index is 2.42. The topological polar surface area (TPSA) is 8.17 Å². The van der Waals surface area contributed by atoms with Gasteiger partial charge in [-0.2, -0.15) is 0 Å². The van der Waals surface area contributed by atoms with Crippen LogP contribution in [-0.4, -0.2) is 4.57 Å². The number of benzene rings is 11. The first kappa shape index (κ1) is 38.9. The zero-order valence-electron chi connectivity index (χ0n) is 36.6. The zero-order chi connectivity index (χ0) is 44.3. The van der Waals surface area contributed by atoms with E-state index in [1.807, 2.05) is 11.3 Å². The third-order valence-electron chi connectivity index (χ3n) is 13.4. The molecule has 0 saturated heterocycles. The number of para-hydroxylation sites is 4. The lowest BCUT2D eigenvalue weighted by molar-refractivity contribution is 1.18. The fourth-order valence-electron chi connectivity index (χ4n) is 10.1. The van der Waals surface area contributed by atoms with Crippen LogP contribution in [0.15, 0.2) is 255 Å². The molecule has 2 nitrogen and oxygen atoms in total. The fourth-order valence-corrected chi connectivity index (χ4v) is 11.3. The van der Waals surface area contributed by atoms with Gasteiger partial charge in [-0.15, -0.1) is 11.3 Å². The Kier molecular flexibility index (Phi) is 9.40. The molecule has 314 valence electrons. The SMILES string of the molecule is c1ccc(N(c2ccc(-c3ccc(-c4ccc5ccccc5c4)cc3)cc2)c2ccc(-c3ccccc3-n3c4ccccc4c4ccccc43)cc2)c(-c2ccc3c(c2)sc2ccccc23)c1. The minimum Gasteiger partial charge on any atom is -0.310 e. The minimum absolute atomic E-state index is 1.08. The van der Waals surface area contributed by atoms with Crippen LogP contribution in [0.2, 0.25) is 0 Å². The number of nitrogens with zero attached hydrogens (tertiary/aromatic N) is 2. The molecular formula is C64H42N2S. The molecule has 0 amide bonds. The summed E-state index contributed by atoms with van der Waals surface area (Å²) in [5, 5.41) is 7.64. The maximum Gasteiger partial charge on any atom is 0.0541 e. The standard InChI is InChI=1S/C64H42N2S/c1-2-14-48-41-49(30-29-43(48)13-1)46-27-25-44(26-28-46)45-31-36-51(37-32-45)65(59-20-8-4-16-54(59)50-35-40-58-57-19-7-12-24-63(57)67-64(58)42-50)52-38-33-47(34-39-52)53-15-3-9-21-60(53)66-61-22-10-5-17-55(61)56-18-6-11-23-62(56)66/h1-42H. The number of rotatable bonds is 8. The summed E-state index contributed by atoms with van der Waals surface area (Å²) in [6.45, 7) is 0. The molecule has 2 aromatic heterocycles. The van der Waals surface area contributed by atoms with Crippen molar-refractivity contribution in [1.29, 1.82) is 0 Å². The van der Waals surface area contributed by atoms with Gasteiger partial charge in [-0.3, -0.25) is 0 Å². The lowest BCUT2D eigenvalue weighted by Gasteiger charge is -2.28. The number of hydrogen-bond acceptors (Lipinski definition) is 2. The van der Waals surface area contributed by atoms with E-state index in [0.29, 0.717) is 0 Å². The average Bonchev–Trinajstić information content (AvgIpc) is 3.95. The maximum absolute atomic E-state index is 2.42. The molecule has 13 aromatic rings. The Balaban J connectivity index is 0.905. The van der Waals surface area contributed by atoms with Gasteiger partial charge in [0.2, 0.25) is 0 Å². The first-order chi connectivity index (χ1) is 33.2. The number of thiophene rings is 1. The van der Waals surface area contributed by atoms with Crippen LogP contribution in [0.3, 0.4) is 0 Å². The van der Waals surface area contributed by atoms with E-state index >= 15 is 0 Å². The normalized spacial score (nSPS) is 11.6. The van der Waals surface area contributed by atoms with E-state index < -0.39 is 0 Å². The second-order valence-electron chi connectivity index (χ2n) is 17.3. The largest absolute Gasteiger partial charge is 0.310 e. The fraction of sp³-hybridized carbons (Fsp3) is 0. The van der Waals surface area contributed by atoms with Crippen molar-refractivity contribution >= 4 is 81.1 Å². The summed E-state index contributed by atoms with van der Waals surface area (Å²) >= 11 is 1.86. The van der Waals surface area contributed by atoms with Gasteiger partial charge in [0.05, 0.1) is 22.4 Å². The molecule has 13 rings (SSSR count). The highest BCUT2D eigenvalue weighted by Crippen LogP contribution is 2.45. The van der Waals surface area contributed by atoms with Gasteiger partial charge in [0.1, 0.15) is 0 Å². The Labute approximate surface area is 393 Å². The Morgan fingerprint density at radius 3 is 1.51 bits per heavy atom. The van der Waals surface area contributed by atoms with Crippen molar-refractivity contribution in [3.63, 3.8) is 0 Å². The quantitative estimate of drug-likeness (QED) is 0.148. The van der Waals surface area contributed by atoms with E-state index in [1.54, 1.807) is 0 Å². The van der Waals surface area contributed by atoms with Gasteiger partial charge >= 0.3 is 0 Å². The van der Waals surface area contributed by atoms with Crippen molar-refractivity contribution in [2.24, 2.45) is 0 Å². The van der Waals surface area contributed by atoms with Crippen molar-refractivity contribution in [1.82, 2.24) is 4.57 Å². The summed E-state index contributed by atoms with van der Waals surface area (Å²) in [7, 11) is 0. The van der Waals surface area contributed by atoms with E-state index in [0.717, 1.165) is 28.3 Å². The molecule has 0 atom stereocenters. The first-order valence-electron chi connectivity index (χ1n) is 22.9. The Bertz CT molecular complexity index is 3920. The van der Waals surface area contributed by atoms with Crippen LogP contribution in [0, 0.1) is 0 Å². The lowest BCUT2D eigenvalue weighted by Crippen LogP contribution is -2.11. The highest BCUT2D eigenvalue weighted by atomic mass is 32.1. The van der Waals surface area contributed by atoms with Gasteiger partial charge in [-0.05, 0) is 111 Å². The highest BCUT2D eigenvalue weighted by molar-refractivity contribution is 7.25. The molecule has 0 aliphatic heterocycles. The molecule has 0 saturated carbocycles. The lowest BCUT2D eigenvalue weighted by atomic mass is 9.97. The van der Waals surface area contributed by atoms with E-state index in [4.69, 9.17) is 0 Å². The molecule has 0 unspecified atom stereocenters. The van der Waals surface area contributed by atoms with Crippen molar-refractivity contribution in [3.05, 3.63) is 255 Å². The minimum atomic E-state index is 1.08. The third-order valence-corrected chi connectivity index (χ3v) is 14.6. The van der Waals surface area contributed by atoms with Gasteiger partial charge in [-0.25, -0.2) is 0 Å². The summed E-state index contributed by atoms with van der Waals surface area (Å²) in [6, 6.07) is 93.2. The second-order valence-corrected chi connectivity index (χ2v) is 18.4. The first-order valence-corrected chi connectivity index (χ1v) is 23.7. The molecule has 11 aromatic carbocycles. The molecule has 2 heterocycles. The Morgan fingerprint density at radius 2 is 0.791 bits per heavy atom.